The second kappa shape index (κ2) is 7.37. The molecule has 0 aliphatic carbocycles. The van der Waals surface area contributed by atoms with Crippen LogP contribution in [0.5, 0.6) is 0 Å². The largest absolute Gasteiger partial charge is 0.402 e. The molecule has 0 spiro atoms. The van der Waals surface area contributed by atoms with Gasteiger partial charge in [-0.2, -0.15) is 17.5 Å². The number of aryl methyl sites for hydroxylation is 1. The normalized spacial score (nSPS) is 12.8. The molecule has 0 fully saturated rings. The Hall–Kier alpha value is -0.670. The molecule has 0 unspecified atom stereocenters. The number of rotatable bonds is 7. The van der Waals surface area contributed by atoms with Crippen LogP contribution in [0.1, 0.15) is 5.69 Å². The summed E-state index contributed by atoms with van der Waals surface area (Å²) in [5, 5.41) is 0.145. The van der Waals surface area contributed by atoms with Crippen LogP contribution in [0.4, 0.5) is 13.2 Å². The summed E-state index contributed by atoms with van der Waals surface area (Å²) in [6.45, 7) is -1.69. The van der Waals surface area contributed by atoms with Gasteiger partial charge in [0.1, 0.15) is 6.54 Å². The zero-order valence-electron chi connectivity index (χ0n) is 10.5. The van der Waals surface area contributed by atoms with E-state index in [-0.39, 0.29) is 18.3 Å². The van der Waals surface area contributed by atoms with Crippen LogP contribution in [-0.2, 0) is 16.4 Å². The van der Waals surface area contributed by atoms with Crippen molar-refractivity contribution in [1.82, 2.24) is 9.29 Å². The van der Waals surface area contributed by atoms with Crippen molar-refractivity contribution in [2.24, 2.45) is 0 Å². The molecule has 9 heteroatoms. The number of alkyl halides is 4. The molecule has 1 aromatic heterocycles. The molecule has 0 saturated heterocycles. The molecular formula is C11H14BrF3N2O2S. The summed E-state index contributed by atoms with van der Waals surface area (Å²) in [6.07, 6.45) is -2.96. The Bertz CT molecular complexity index is 508. The van der Waals surface area contributed by atoms with E-state index in [0.717, 1.165) is 0 Å². The van der Waals surface area contributed by atoms with Gasteiger partial charge in [0.25, 0.3) is 0 Å². The predicted molar refractivity (Wildman–Crippen MR) is 73.1 cm³/mol. The van der Waals surface area contributed by atoms with Crippen LogP contribution in [0.3, 0.4) is 0 Å². The topological polar surface area (TPSA) is 50.3 Å². The summed E-state index contributed by atoms with van der Waals surface area (Å²) < 4.78 is 61.5. The highest BCUT2D eigenvalue weighted by molar-refractivity contribution is 9.09. The number of nitrogens with zero attached hydrogens (tertiary/aromatic N) is 2. The van der Waals surface area contributed by atoms with E-state index < -0.39 is 28.5 Å². The summed E-state index contributed by atoms with van der Waals surface area (Å²) >= 11 is 2.96. The quantitative estimate of drug-likeness (QED) is 0.687. The molecule has 0 aliphatic rings. The molecule has 0 saturated carbocycles. The van der Waals surface area contributed by atoms with Crippen molar-refractivity contribution in [2.45, 2.75) is 12.6 Å². The third-order valence-corrected chi connectivity index (χ3v) is 4.60. The van der Waals surface area contributed by atoms with E-state index in [0.29, 0.717) is 10.00 Å². The fourth-order valence-corrected chi connectivity index (χ4v) is 3.62. The highest BCUT2D eigenvalue weighted by atomic mass is 79.9. The van der Waals surface area contributed by atoms with Gasteiger partial charge in [-0.15, -0.1) is 0 Å². The Balaban J connectivity index is 2.72. The first-order valence-electron chi connectivity index (χ1n) is 5.75. The predicted octanol–water partition coefficient (Wildman–Crippen LogP) is 2.21. The van der Waals surface area contributed by atoms with Crippen LogP contribution in [0.25, 0.3) is 0 Å². The van der Waals surface area contributed by atoms with Gasteiger partial charge >= 0.3 is 6.18 Å². The summed E-state index contributed by atoms with van der Waals surface area (Å²) in [7, 11) is -3.97. The number of sulfonamides is 1. The highest BCUT2D eigenvalue weighted by Gasteiger charge is 2.35. The number of hydrogen-bond acceptors (Lipinski definition) is 3. The Kier molecular flexibility index (Phi) is 6.41. The van der Waals surface area contributed by atoms with E-state index in [4.69, 9.17) is 0 Å². The lowest BCUT2D eigenvalue weighted by molar-refractivity contribution is -0.135. The van der Waals surface area contributed by atoms with E-state index >= 15 is 0 Å². The molecule has 0 aliphatic heterocycles. The molecular weight excluding hydrogens is 361 g/mol. The minimum atomic E-state index is -4.56. The van der Waals surface area contributed by atoms with E-state index in [1.165, 1.54) is 6.20 Å². The van der Waals surface area contributed by atoms with Gasteiger partial charge in [-0.05, 0) is 12.1 Å². The standard InChI is InChI=1S/C11H14BrF3N2O2S/c12-5-7-17(9-11(13,14)15)20(18,19)8-4-10-3-1-2-6-16-10/h1-3,6H,4-5,7-9H2. The van der Waals surface area contributed by atoms with Crippen molar-refractivity contribution in [2.75, 3.05) is 24.2 Å². The molecule has 1 rings (SSSR count). The zero-order valence-corrected chi connectivity index (χ0v) is 12.9. The minimum absolute atomic E-state index is 0.0832. The summed E-state index contributed by atoms with van der Waals surface area (Å²) in [6, 6.07) is 5.01. The monoisotopic (exact) mass is 374 g/mol. The maximum Gasteiger partial charge on any atom is 0.402 e. The van der Waals surface area contributed by atoms with Gasteiger partial charge in [0, 0.05) is 30.2 Å². The Morgan fingerprint density at radius 2 is 2.00 bits per heavy atom. The molecule has 114 valence electrons. The Labute approximate surface area is 124 Å². The summed E-state index contributed by atoms with van der Waals surface area (Å²) in [4.78, 5) is 3.95. The highest BCUT2D eigenvalue weighted by Crippen LogP contribution is 2.19. The van der Waals surface area contributed by atoms with Crippen molar-refractivity contribution < 1.29 is 21.6 Å². The average Bonchev–Trinajstić information content (AvgIpc) is 2.36. The lowest BCUT2D eigenvalue weighted by atomic mass is 10.3. The van der Waals surface area contributed by atoms with Gasteiger partial charge in [-0.1, -0.05) is 22.0 Å². The molecule has 1 heterocycles. The maximum absolute atomic E-state index is 12.4. The number of pyridine rings is 1. The van der Waals surface area contributed by atoms with Gasteiger partial charge in [-0.3, -0.25) is 4.98 Å². The Morgan fingerprint density at radius 1 is 1.30 bits per heavy atom. The fraction of sp³-hybridized carbons (Fsp3) is 0.545. The SMILES string of the molecule is O=S(=O)(CCc1ccccn1)N(CCBr)CC(F)(F)F. The number of hydrogen-bond donors (Lipinski definition) is 0. The Morgan fingerprint density at radius 3 is 2.50 bits per heavy atom. The van der Waals surface area contributed by atoms with Crippen LogP contribution in [0, 0.1) is 0 Å². The number of aromatic nitrogens is 1. The molecule has 0 bridgehead atoms. The second-order valence-corrected chi connectivity index (χ2v) is 6.91. The van der Waals surface area contributed by atoms with Crippen LogP contribution in [0.2, 0.25) is 0 Å². The first-order valence-corrected chi connectivity index (χ1v) is 8.48. The third kappa shape index (κ3) is 6.19. The lowest BCUT2D eigenvalue weighted by Gasteiger charge is -2.22. The van der Waals surface area contributed by atoms with Crippen molar-refractivity contribution in [3.63, 3.8) is 0 Å². The van der Waals surface area contributed by atoms with Gasteiger partial charge in [0.05, 0.1) is 5.75 Å². The zero-order chi connectivity index (χ0) is 15.2. The van der Waals surface area contributed by atoms with Crippen molar-refractivity contribution in [3.8, 4) is 0 Å². The molecule has 0 N–H and O–H groups in total. The van der Waals surface area contributed by atoms with Crippen molar-refractivity contribution in [1.29, 1.82) is 0 Å². The molecule has 0 aromatic carbocycles. The van der Waals surface area contributed by atoms with Crippen molar-refractivity contribution in [3.05, 3.63) is 30.1 Å². The minimum Gasteiger partial charge on any atom is -0.261 e. The molecule has 0 radical (unpaired) electrons. The van der Waals surface area contributed by atoms with E-state index in [9.17, 15) is 21.6 Å². The van der Waals surface area contributed by atoms with Gasteiger partial charge in [0.2, 0.25) is 10.0 Å². The summed E-state index contributed by atoms with van der Waals surface area (Å²) in [5.41, 5.74) is 0.530. The maximum atomic E-state index is 12.4. The van der Waals surface area contributed by atoms with Crippen LogP contribution < -0.4 is 0 Å². The van der Waals surface area contributed by atoms with Crippen LogP contribution in [-0.4, -0.2) is 48.1 Å². The van der Waals surface area contributed by atoms with E-state index in [2.05, 4.69) is 20.9 Å². The molecule has 4 nitrogen and oxygen atoms in total. The van der Waals surface area contributed by atoms with Gasteiger partial charge in [-0.25, -0.2) is 8.42 Å². The van der Waals surface area contributed by atoms with Gasteiger partial charge in [0.15, 0.2) is 0 Å². The molecule has 20 heavy (non-hydrogen) atoms. The average molecular weight is 375 g/mol. The summed E-state index contributed by atoms with van der Waals surface area (Å²) in [5.74, 6) is -0.396. The second-order valence-electron chi connectivity index (χ2n) is 4.02. The molecule has 0 amide bonds. The van der Waals surface area contributed by atoms with E-state index in [1.807, 2.05) is 0 Å². The molecule has 0 atom stereocenters. The van der Waals surface area contributed by atoms with E-state index in [1.54, 1.807) is 18.2 Å². The first-order chi connectivity index (χ1) is 9.24. The number of halogens is 4. The third-order valence-electron chi connectivity index (χ3n) is 2.43. The first kappa shape index (κ1) is 17.4. The fourth-order valence-electron chi connectivity index (χ4n) is 1.52. The van der Waals surface area contributed by atoms with Crippen molar-refractivity contribution >= 4 is 26.0 Å². The van der Waals surface area contributed by atoms with Crippen LogP contribution in [0.15, 0.2) is 24.4 Å². The lowest BCUT2D eigenvalue weighted by Crippen LogP contribution is -2.41. The van der Waals surface area contributed by atoms with Crippen LogP contribution >= 0.6 is 15.9 Å². The smallest absolute Gasteiger partial charge is 0.261 e. The molecule has 1 aromatic rings. The van der Waals surface area contributed by atoms with Gasteiger partial charge < -0.3 is 0 Å².